The van der Waals surface area contributed by atoms with Gasteiger partial charge in [0.1, 0.15) is 21.4 Å². The summed E-state index contributed by atoms with van der Waals surface area (Å²) in [6.45, 7) is 11.1. The monoisotopic (exact) mass is 268 g/mol. The summed E-state index contributed by atoms with van der Waals surface area (Å²) in [6.07, 6.45) is 1.95. The molecular formula is C11H20N4O2Si. The Balaban J connectivity index is 2.17. The molecule has 0 aliphatic carbocycles. The fourth-order valence-corrected chi connectivity index (χ4v) is 2.31. The molecule has 2 rings (SSSR count). The molecule has 0 unspecified atom stereocenters. The Morgan fingerprint density at radius 2 is 2.00 bits per heavy atom. The molecule has 0 N–H and O–H groups in total. The summed E-state index contributed by atoms with van der Waals surface area (Å²) in [6, 6.07) is 0. The first-order chi connectivity index (χ1) is 8.28. The summed E-state index contributed by atoms with van der Waals surface area (Å²) >= 11 is 0. The summed E-state index contributed by atoms with van der Waals surface area (Å²) in [4.78, 5) is 4.33. The Morgan fingerprint density at radius 1 is 1.28 bits per heavy atom. The van der Waals surface area contributed by atoms with Crippen molar-refractivity contribution in [3.63, 3.8) is 0 Å². The van der Waals surface area contributed by atoms with Crippen LogP contribution in [0.5, 0.6) is 0 Å². The topological polar surface area (TPSA) is 61.5 Å². The molecule has 0 aromatic carbocycles. The molecule has 1 aliphatic heterocycles. The highest BCUT2D eigenvalue weighted by Crippen LogP contribution is 2.14. The molecule has 0 atom stereocenters. The first-order valence-electron chi connectivity index (χ1n) is 6.02. The minimum absolute atomic E-state index is 0.282. The van der Waals surface area contributed by atoms with Crippen LogP contribution >= 0.6 is 0 Å². The largest absolute Gasteiger partial charge is 0.342 e. The van der Waals surface area contributed by atoms with E-state index in [0.29, 0.717) is 6.61 Å². The molecule has 1 aliphatic rings. The maximum Gasteiger partial charge on any atom is 0.165 e. The van der Waals surface area contributed by atoms with E-state index in [2.05, 4.69) is 34.9 Å². The SMILES string of the molecule is CC1(C)OCN=C(n2cc([Si](C)(C)C)nn2)CO1. The van der Waals surface area contributed by atoms with Gasteiger partial charge in [-0.1, -0.05) is 24.9 Å². The minimum atomic E-state index is -1.44. The van der Waals surface area contributed by atoms with Crippen LogP contribution in [0.3, 0.4) is 0 Å². The average molecular weight is 268 g/mol. The van der Waals surface area contributed by atoms with Crippen molar-refractivity contribution in [1.29, 1.82) is 0 Å². The van der Waals surface area contributed by atoms with Gasteiger partial charge in [0.15, 0.2) is 11.6 Å². The zero-order valence-electron chi connectivity index (χ0n) is 11.6. The number of aromatic nitrogens is 3. The lowest BCUT2D eigenvalue weighted by molar-refractivity contribution is -0.198. The maximum absolute atomic E-state index is 5.62. The smallest absolute Gasteiger partial charge is 0.165 e. The second-order valence-corrected chi connectivity index (χ2v) is 10.8. The summed E-state index contributed by atoms with van der Waals surface area (Å²) in [5.41, 5.74) is 0. The third-order valence-electron chi connectivity index (χ3n) is 2.73. The third-order valence-corrected chi connectivity index (χ3v) is 4.50. The first kappa shape index (κ1) is 13.4. The Labute approximate surface area is 108 Å². The zero-order valence-corrected chi connectivity index (χ0v) is 12.6. The fraction of sp³-hybridized carbons (Fsp3) is 0.727. The van der Waals surface area contributed by atoms with Crippen molar-refractivity contribution < 1.29 is 9.47 Å². The number of aliphatic imine (C=N–C) groups is 1. The van der Waals surface area contributed by atoms with Crippen molar-refractivity contribution >= 4 is 19.2 Å². The highest BCUT2D eigenvalue weighted by molar-refractivity contribution is 6.88. The number of hydrogen-bond donors (Lipinski definition) is 0. The van der Waals surface area contributed by atoms with E-state index >= 15 is 0 Å². The van der Waals surface area contributed by atoms with Gasteiger partial charge in [-0.2, -0.15) is 0 Å². The molecule has 0 spiro atoms. The molecule has 0 saturated carbocycles. The van der Waals surface area contributed by atoms with E-state index in [0.717, 1.165) is 11.2 Å². The van der Waals surface area contributed by atoms with Gasteiger partial charge in [0.2, 0.25) is 0 Å². The van der Waals surface area contributed by atoms with Crippen molar-refractivity contribution in [3.8, 4) is 0 Å². The normalized spacial score (nSPS) is 20.4. The lowest BCUT2D eigenvalue weighted by atomic mass is 10.4. The highest BCUT2D eigenvalue weighted by Gasteiger charge is 2.25. The van der Waals surface area contributed by atoms with Gasteiger partial charge < -0.3 is 9.47 Å². The van der Waals surface area contributed by atoms with Crippen molar-refractivity contribution in [2.45, 2.75) is 39.3 Å². The Kier molecular flexibility index (Phi) is 3.39. The summed E-state index contributed by atoms with van der Waals surface area (Å²) in [7, 11) is -1.44. The lowest BCUT2D eigenvalue weighted by Crippen LogP contribution is -2.38. The molecule has 0 fully saturated rings. The average Bonchev–Trinajstić information content (AvgIpc) is 2.65. The zero-order chi connectivity index (χ0) is 13.4. The van der Waals surface area contributed by atoms with Gasteiger partial charge in [-0.3, -0.25) is 0 Å². The van der Waals surface area contributed by atoms with Crippen LogP contribution in [0.25, 0.3) is 0 Å². The molecule has 1 aromatic heterocycles. The predicted octanol–water partition coefficient (Wildman–Crippen LogP) is 0.810. The van der Waals surface area contributed by atoms with Gasteiger partial charge >= 0.3 is 0 Å². The van der Waals surface area contributed by atoms with Gasteiger partial charge in [0.25, 0.3) is 0 Å². The van der Waals surface area contributed by atoms with E-state index in [1.165, 1.54) is 0 Å². The Morgan fingerprint density at radius 3 is 2.61 bits per heavy atom. The summed E-state index contributed by atoms with van der Waals surface area (Å²) in [5, 5.41) is 9.42. The maximum atomic E-state index is 5.62. The van der Waals surface area contributed by atoms with Crippen LogP contribution in [0, 0.1) is 0 Å². The molecule has 100 valence electrons. The van der Waals surface area contributed by atoms with Gasteiger partial charge in [-0.05, 0) is 13.8 Å². The van der Waals surface area contributed by atoms with Gasteiger partial charge in [-0.15, -0.1) is 5.10 Å². The van der Waals surface area contributed by atoms with Crippen LogP contribution in [0.2, 0.25) is 19.6 Å². The third kappa shape index (κ3) is 3.04. The molecule has 2 heterocycles. The van der Waals surface area contributed by atoms with E-state index < -0.39 is 13.9 Å². The molecule has 0 radical (unpaired) electrons. The van der Waals surface area contributed by atoms with Crippen LogP contribution in [0.1, 0.15) is 13.8 Å². The second kappa shape index (κ2) is 4.56. The summed E-state index contributed by atoms with van der Waals surface area (Å²) < 4.78 is 12.8. The summed E-state index contributed by atoms with van der Waals surface area (Å²) in [5.74, 6) is 0.130. The number of ether oxygens (including phenoxy) is 2. The fourth-order valence-electron chi connectivity index (χ4n) is 1.46. The molecule has 0 bridgehead atoms. The van der Waals surface area contributed by atoms with Gasteiger partial charge in [0.05, 0.1) is 11.5 Å². The molecule has 1 aromatic rings. The second-order valence-electron chi connectivity index (χ2n) is 5.83. The van der Waals surface area contributed by atoms with E-state index in [1.54, 1.807) is 4.68 Å². The Bertz CT molecular complexity index is 462. The van der Waals surface area contributed by atoms with Crippen LogP contribution in [0.15, 0.2) is 11.2 Å². The minimum Gasteiger partial charge on any atom is -0.342 e. The quantitative estimate of drug-likeness (QED) is 0.707. The number of rotatable bonds is 1. The predicted molar refractivity (Wildman–Crippen MR) is 71.8 cm³/mol. The van der Waals surface area contributed by atoms with E-state index in [-0.39, 0.29) is 6.73 Å². The van der Waals surface area contributed by atoms with Crippen LogP contribution in [-0.2, 0) is 9.47 Å². The molecule has 0 saturated heterocycles. The molecule has 7 heteroatoms. The number of hydrogen-bond acceptors (Lipinski definition) is 5. The van der Waals surface area contributed by atoms with Crippen molar-refractivity contribution in [2.24, 2.45) is 4.99 Å². The van der Waals surface area contributed by atoms with Crippen LogP contribution in [0.4, 0.5) is 0 Å². The van der Waals surface area contributed by atoms with E-state index in [9.17, 15) is 0 Å². The standard InChI is InChI=1S/C11H20N4O2Si/c1-11(2)16-7-9(12-8-17-11)15-6-10(13-14-15)18(3,4)5/h6H,7-8H2,1-5H3. The van der Waals surface area contributed by atoms with Crippen molar-refractivity contribution in [3.05, 3.63) is 6.20 Å². The van der Waals surface area contributed by atoms with E-state index in [4.69, 9.17) is 9.47 Å². The highest BCUT2D eigenvalue weighted by atomic mass is 28.3. The molecule has 0 amide bonds. The van der Waals surface area contributed by atoms with Crippen LogP contribution < -0.4 is 5.32 Å². The van der Waals surface area contributed by atoms with Gasteiger partial charge in [-0.25, -0.2) is 9.67 Å². The van der Waals surface area contributed by atoms with Crippen molar-refractivity contribution in [2.75, 3.05) is 13.3 Å². The Hall–Kier alpha value is -1.05. The number of nitrogens with zero attached hydrogens (tertiary/aromatic N) is 4. The van der Waals surface area contributed by atoms with Crippen LogP contribution in [-0.4, -0.2) is 48.0 Å². The van der Waals surface area contributed by atoms with E-state index in [1.807, 2.05) is 20.0 Å². The molecular weight excluding hydrogens is 248 g/mol. The molecule has 6 nitrogen and oxygen atoms in total. The first-order valence-corrected chi connectivity index (χ1v) is 9.52. The lowest BCUT2D eigenvalue weighted by Gasteiger charge is -2.21. The molecule has 18 heavy (non-hydrogen) atoms. The van der Waals surface area contributed by atoms with Gasteiger partial charge in [0, 0.05) is 0 Å². The van der Waals surface area contributed by atoms with Crippen molar-refractivity contribution in [1.82, 2.24) is 15.0 Å².